The van der Waals surface area contributed by atoms with Gasteiger partial charge in [0.25, 0.3) is 5.91 Å². The van der Waals surface area contributed by atoms with Crippen LogP contribution in [-0.4, -0.2) is 65.2 Å². The second kappa shape index (κ2) is 6.74. The topological polar surface area (TPSA) is 67.7 Å². The Morgan fingerprint density at radius 3 is 2.62 bits per heavy atom. The van der Waals surface area contributed by atoms with Crippen LogP contribution in [0.4, 0.5) is 0 Å². The molecule has 0 unspecified atom stereocenters. The average Bonchev–Trinajstić information content (AvgIpc) is 3.03. The molecule has 1 fully saturated rings. The first-order valence-electron chi connectivity index (χ1n) is 7.79. The molecule has 2 amide bonds. The standard InChI is InChI=1S/C17H20N4O3/c1-19-16(13-4-3-5-14(10-13)24-2)11-15(18-19)17(23)21-8-6-20(12-22)7-9-21/h3-5,10-12H,6-9H2,1-2H3. The van der Waals surface area contributed by atoms with Crippen molar-refractivity contribution < 1.29 is 14.3 Å². The molecule has 0 bridgehead atoms. The second-order valence-electron chi connectivity index (χ2n) is 5.70. The molecule has 2 aromatic rings. The van der Waals surface area contributed by atoms with Crippen LogP contribution in [0.5, 0.6) is 5.75 Å². The maximum absolute atomic E-state index is 12.6. The van der Waals surface area contributed by atoms with E-state index in [1.807, 2.05) is 31.3 Å². The van der Waals surface area contributed by atoms with Crippen LogP contribution in [0.25, 0.3) is 11.3 Å². The molecule has 0 spiro atoms. The number of methoxy groups -OCH3 is 1. The Labute approximate surface area is 140 Å². The Morgan fingerprint density at radius 2 is 1.96 bits per heavy atom. The average molecular weight is 328 g/mol. The van der Waals surface area contributed by atoms with Crippen LogP contribution >= 0.6 is 0 Å². The quantitative estimate of drug-likeness (QED) is 0.786. The molecule has 2 heterocycles. The number of piperazine rings is 1. The number of carbonyl (C=O) groups excluding carboxylic acids is 2. The van der Waals surface area contributed by atoms with Gasteiger partial charge in [-0.15, -0.1) is 0 Å². The fraction of sp³-hybridized carbons (Fsp3) is 0.353. The van der Waals surface area contributed by atoms with Crippen molar-refractivity contribution in [3.63, 3.8) is 0 Å². The van der Waals surface area contributed by atoms with Gasteiger partial charge in [0, 0.05) is 38.8 Å². The van der Waals surface area contributed by atoms with E-state index in [1.54, 1.807) is 27.7 Å². The third kappa shape index (κ3) is 3.10. The van der Waals surface area contributed by atoms with Gasteiger partial charge in [0.2, 0.25) is 6.41 Å². The molecule has 0 saturated carbocycles. The van der Waals surface area contributed by atoms with Gasteiger partial charge < -0.3 is 14.5 Å². The van der Waals surface area contributed by atoms with Gasteiger partial charge in [-0.05, 0) is 18.2 Å². The van der Waals surface area contributed by atoms with Gasteiger partial charge >= 0.3 is 0 Å². The van der Waals surface area contributed by atoms with Gasteiger partial charge in [-0.3, -0.25) is 14.3 Å². The van der Waals surface area contributed by atoms with E-state index in [-0.39, 0.29) is 5.91 Å². The molecule has 0 N–H and O–H groups in total. The van der Waals surface area contributed by atoms with Gasteiger partial charge in [0.15, 0.2) is 5.69 Å². The lowest BCUT2D eigenvalue weighted by Crippen LogP contribution is -2.48. The van der Waals surface area contributed by atoms with Gasteiger partial charge in [0.05, 0.1) is 12.8 Å². The van der Waals surface area contributed by atoms with E-state index in [4.69, 9.17) is 4.74 Å². The summed E-state index contributed by atoms with van der Waals surface area (Å²) < 4.78 is 6.95. The van der Waals surface area contributed by atoms with Crippen LogP contribution in [-0.2, 0) is 11.8 Å². The number of benzene rings is 1. The molecule has 7 heteroatoms. The van der Waals surface area contributed by atoms with Crippen LogP contribution in [0.1, 0.15) is 10.5 Å². The summed E-state index contributed by atoms with van der Waals surface area (Å²) in [7, 11) is 3.44. The number of ether oxygens (including phenoxy) is 1. The van der Waals surface area contributed by atoms with Crippen molar-refractivity contribution in [2.24, 2.45) is 7.05 Å². The maximum atomic E-state index is 12.6. The normalized spacial score (nSPS) is 14.6. The number of hydrogen-bond donors (Lipinski definition) is 0. The molecule has 0 aliphatic carbocycles. The fourth-order valence-corrected chi connectivity index (χ4v) is 2.82. The van der Waals surface area contributed by atoms with E-state index in [0.29, 0.717) is 31.9 Å². The highest BCUT2D eigenvalue weighted by molar-refractivity contribution is 5.93. The summed E-state index contributed by atoms with van der Waals surface area (Å²) >= 11 is 0. The molecular weight excluding hydrogens is 308 g/mol. The number of aryl methyl sites for hydroxylation is 1. The lowest BCUT2D eigenvalue weighted by Gasteiger charge is -2.32. The molecule has 1 aromatic heterocycles. The fourth-order valence-electron chi connectivity index (χ4n) is 2.82. The predicted octanol–water partition coefficient (Wildman–Crippen LogP) is 1.01. The van der Waals surface area contributed by atoms with Crippen molar-refractivity contribution in [2.45, 2.75) is 0 Å². The van der Waals surface area contributed by atoms with Crippen LogP contribution in [0.2, 0.25) is 0 Å². The Balaban J connectivity index is 1.81. The van der Waals surface area contributed by atoms with Crippen molar-refractivity contribution in [1.82, 2.24) is 19.6 Å². The SMILES string of the molecule is COc1cccc(-c2cc(C(=O)N3CCN(C=O)CC3)nn2C)c1. The lowest BCUT2D eigenvalue weighted by atomic mass is 10.1. The molecule has 3 rings (SSSR count). The summed E-state index contributed by atoms with van der Waals surface area (Å²) in [6.07, 6.45) is 0.823. The predicted molar refractivity (Wildman–Crippen MR) is 88.7 cm³/mol. The summed E-state index contributed by atoms with van der Waals surface area (Å²) in [5.74, 6) is 0.650. The molecule has 0 radical (unpaired) electrons. The Bertz CT molecular complexity index is 748. The summed E-state index contributed by atoms with van der Waals surface area (Å²) in [6.45, 7) is 2.18. The van der Waals surface area contributed by atoms with E-state index >= 15 is 0 Å². The van der Waals surface area contributed by atoms with Crippen molar-refractivity contribution in [3.8, 4) is 17.0 Å². The highest BCUT2D eigenvalue weighted by Crippen LogP contribution is 2.24. The zero-order chi connectivity index (χ0) is 17.1. The monoisotopic (exact) mass is 328 g/mol. The van der Waals surface area contributed by atoms with Gasteiger partial charge in [-0.25, -0.2) is 0 Å². The summed E-state index contributed by atoms with van der Waals surface area (Å²) in [5, 5.41) is 4.36. The van der Waals surface area contributed by atoms with E-state index in [1.165, 1.54) is 0 Å². The molecule has 126 valence electrons. The van der Waals surface area contributed by atoms with Crippen LogP contribution < -0.4 is 4.74 Å². The molecule has 24 heavy (non-hydrogen) atoms. The third-order valence-electron chi connectivity index (χ3n) is 4.21. The largest absolute Gasteiger partial charge is 0.497 e. The van der Waals surface area contributed by atoms with E-state index in [0.717, 1.165) is 23.4 Å². The van der Waals surface area contributed by atoms with Gasteiger partial charge in [0.1, 0.15) is 5.75 Å². The molecule has 1 saturated heterocycles. The summed E-state index contributed by atoms with van der Waals surface area (Å²) in [6, 6.07) is 9.44. The first-order chi connectivity index (χ1) is 11.6. The zero-order valence-corrected chi connectivity index (χ0v) is 13.8. The zero-order valence-electron chi connectivity index (χ0n) is 13.8. The van der Waals surface area contributed by atoms with E-state index < -0.39 is 0 Å². The van der Waals surface area contributed by atoms with Gasteiger partial charge in [-0.2, -0.15) is 5.10 Å². The number of amides is 2. The van der Waals surface area contributed by atoms with Crippen molar-refractivity contribution >= 4 is 12.3 Å². The summed E-state index contributed by atoms with van der Waals surface area (Å²) in [5.41, 5.74) is 2.20. The van der Waals surface area contributed by atoms with Crippen LogP contribution in [0.3, 0.4) is 0 Å². The van der Waals surface area contributed by atoms with Crippen LogP contribution in [0, 0.1) is 0 Å². The first kappa shape index (κ1) is 16.0. The Morgan fingerprint density at radius 1 is 1.21 bits per heavy atom. The molecule has 1 aromatic carbocycles. The third-order valence-corrected chi connectivity index (χ3v) is 4.21. The number of hydrogen-bond acceptors (Lipinski definition) is 4. The molecular formula is C17H20N4O3. The molecule has 1 aliphatic heterocycles. The lowest BCUT2D eigenvalue weighted by molar-refractivity contribution is -0.119. The highest BCUT2D eigenvalue weighted by atomic mass is 16.5. The maximum Gasteiger partial charge on any atom is 0.274 e. The van der Waals surface area contributed by atoms with Crippen LogP contribution in [0.15, 0.2) is 30.3 Å². The Hall–Kier alpha value is -2.83. The second-order valence-corrected chi connectivity index (χ2v) is 5.70. The van der Waals surface area contributed by atoms with Crippen molar-refractivity contribution in [1.29, 1.82) is 0 Å². The highest BCUT2D eigenvalue weighted by Gasteiger charge is 2.24. The smallest absolute Gasteiger partial charge is 0.274 e. The molecule has 0 atom stereocenters. The number of nitrogens with zero attached hydrogens (tertiary/aromatic N) is 4. The Kier molecular flexibility index (Phi) is 4.50. The van der Waals surface area contributed by atoms with E-state index in [9.17, 15) is 9.59 Å². The van der Waals surface area contributed by atoms with Crippen molar-refractivity contribution in [2.75, 3.05) is 33.3 Å². The molecule has 1 aliphatic rings. The van der Waals surface area contributed by atoms with Gasteiger partial charge in [-0.1, -0.05) is 12.1 Å². The first-order valence-corrected chi connectivity index (χ1v) is 7.79. The molecule has 7 nitrogen and oxygen atoms in total. The summed E-state index contributed by atoms with van der Waals surface area (Å²) in [4.78, 5) is 26.8. The number of carbonyl (C=O) groups is 2. The minimum atomic E-state index is -0.106. The number of rotatable bonds is 4. The number of aromatic nitrogens is 2. The minimum absolute atomic E-state index is 0.106. The van der Waals surface area contributed by atoms with Crippen molar-refractivity contribution in [3.05, 3.63) is 36.0 Å². The minimum Gasteiger partial charge on any atom is -0.497 e. The van der Waals surface area contributed by atoms with E-state index in [2.05, 4.69) is 5.10 Å².